The molecule has 0 radical (unpaired) electrons. The van der Waals surface area contributed by atoms with Crippen molar-refractivity contribution in [3.8, 4) is 73.0 Å². The molecule has 10 rings (SSSR count). The molecular formula is C52H35N3. The fourth-order valence-corrected chi connectivity index (χ4v) is 7.64. The third-order valence-corrected chi connectivity index (χ3v) is 10.4. The first-order valence-corrected chi connectivity index (χ1v) is 18.7. The Morgan fingerprint density at radius 3 is 1.36 bits per heavy atom. The lowest BCUT2D eigenvalue weighted by Crippen LogP contribution is -1.98. The molecule has 55 heavy (non-hydrogen) atoms. The molecular weight excluding hydrogens is 667 g/mol. The van der Waals surface area contributed by atoms with Crippen LogP contribution in [-0.4, -0.2) is 14.5 Å². The molecule has 0 N–H and O–H groups in total. The third kappa shape index (κ3) is 6.18. The molecule has 8 aromatic carbocycles. The number of para-hydroxylation sites is 1. The number of nitrogens with zero attached hydrogens (tertiary/aromatic N) is 3. The van der Waals surface area contributed by atoms with E-state index >= 15 is 0 Å². The molecule has 0 aliphatic heterocycles. The highest BCUT2D eigenvalue weighted by molar-refractivity contribution is 6.10. The molecule has 0 saturated heterocycles. The SMILES string of the molecule is c1ccc(-c2ccc(-c3ccc4c5ccccc5n(-c5cccc(-c6cc(-c7ccccc7)nc(-c7ccc(-c8ccccc8)cc7)n6)c5)c4c3)cc2)cc1. The van der Waals surface area contributed by atoms with E-state index in [0.29, 0.717) is 5.82 Å². The van der Waals surface area contributed by atoms with E-state index in [2.05, 4.69) is 205 Å². The quantitative estimate of drug-likeness (QED) is 0.166. The van der Waals surface area contributed by atoms with Crippen molar-refractivity contribution in [2.45, 2.75) is 0 Å². The van der Waals surface area contributed by atoms with E-state index in [1.54, 1.807) is 0 Å². The molecule has 0 aliphatic carbocycles. The van der Waals surface area contributed by atoms with Gasteiger partial charge in [0.25, 0.3) is 0 Å². The summed E-state index contributed by atoms with van der Waals surface area (Å²) in [7, 11) is 0. The molecule has 10 aromatic rings. The van der Waals surface area contributed by atoms with Crippen molar-refractivity contribution in [1.29, 1.82) is 0 Å². The van der Waals surface area contributed by atoms with Gasteiger partial charge < -0.3 is 4.57 Å². The molecule has 2 aromatic heterocycles. The molecule has 2 heterocycles. The Hall–Kier alpha value is -7.36. The topological polar surface area (TPSA) is 30.7 Å². The highest BCUT2D eigenvalue weighted by Crippen LogP contribution is 2.37. The second-order valence-electron chi connectivity index (χ2n) is 13.8. The Balaban J connectivity index is 1.08. The first-order chi connectivity index (χ1) is 27.2. The Bertz CT molecular complexity index is 2930. The van der Waals surface area contributed by atoms with Gasteiger partial charge in [-0.2, -0.15) is 0 Å². The number of benzene rings is 8. The van der Waals surface area contributed by atoms with E-state index in [1.165, 1.54) is 38.6 Å². The minimum atomic E-state index is 0.696. The number of rotatable bonds is 7. The van der Waals surface area contributed by atoms with Gasteiger partial charge in [0.1, 0.15) is 0 Å². The average Bonchev–Trinajstić information content (AvgIpc) is 3.61. The first-order valence-electron chi connectivity index (χ1n) is 18.7. The maximum atomic E-state index is 5.21. The summed E-state index contributed by atoms with van der Waals surface area (Å²) in [5.74, 6) is 0.696. The fraction of sp³-hybridized carbons (Fsp3) is 0. The van der Waals surface area contributed by atoms with Crippen molar-refractivity contribution >= 4 is 21.8 Å². The van der Waals surface area contributed by atoms with E-state index < -0.39 is 0 Å². The minimum absolute atomic E-state index is 0.696. The molecule has 3 nitrogen and oxygen atoms in total. The summed E-state index contributed by atoms with van der Waals surface area (Å²) in [5.41, 5.74) is 15.4. The molecule has 0 unspecified atom stereocenters. The monoisotopic (exact) mass is 701 g/mol. The normalized spacial score (nSPS) is 11.3. The van der Waals surface area contributed by atoms with Crippen LogP contribution in [0.4, 0.5) is 0 Å². The zero-order valence-corrected chi connectivity index (χ0v) is 30.0. The first kappa shape index (κ1) is 32.3. The summed E-state index contributed by atoms with van der Waals surface area (Å²) in [5, 5.41) is 2.45. The van der Waals surface area contributed by atoms with E-state index in [1.807, 2.05) is 12.1 Å². The van der Waals surface area contributed by atoms with Gasteiger partial charge in [0.05, 0.1) is 22.4 Å². The standard InChI is InChI=1S/C52H35N3/c1-4-13-36(14-5-1)38-23-25-40(26-24-38)43-31-32-47-46-21-10-11-22-50(46)55(51(47)34-43)45-20-12-19-44(33-45)49-35-48(41-17-8-3-9-18-41)53-52(54-49)42-29-27-39(28-30-42)37-15-6-2-7-16-37/h1-35H. The van der Waals surface area contributed by atoms with Gasteiger partial charge in [-0.1, -0.05) is 182 Å². The van der Waals surface area contributed by atoms with Crippen LogP contribution in [0.3, 0.4) is 0 Å². The highest BCUT2D eigenvalue weighted by Gasteiger charge is 2.16. The van der Waals surface area contributed by atoms with Crippen LogP contribution in [0.1, 0.15) is 0 Å². The fourth-order valence-electron chi connectivity index (χ4n) is 7.64. The second kappa shape index (κ2) is 13.9. The summed E-state index contributed by atoms with van der Waals surface area (Å²) < 4.78 is 2.39. The molecule has 0 fully saturated rings. The van der Waals surface area contributed by atoms with E-state index in [4.69, 9.17) is 9.97 Å². The van der Waals surface area contributed by atoms with Crippen molar-refractivity contribution < 1.29 is 0 Å². The van der Waals surface area contributed by atoms with Crippen LogP contribution in [-0.2, 0) is 0 Å². The van der Waals surface area contributed by atoms with E-state index in [-0.39, 0.29) is 0 Å². The van der Waals surface area contributed by atoms with Crippen LogP contribution in [0.25, 0.3) is 94.8 Å². The number of fused-ring (bicyclic) bond motifs is 3. The molecule has 0 atom stereocenters. The van der Waals surface area contributed by atoms with Gasteiger partial charge in [0.2, 0.25) is 0 Å². The number of aromatic nitrogens is 3. The number of hydrogen-bond acceptors (Lipinski definition) is 2. The lowest BCUT2D eigenvalue weighted by Gasteiger charge is -2.13. The van der Waals surface area contributed by atoms with E-state index in [0.717, 1.165) is 50.4 Å². The predicted molar refractivity (Wildman–Crippen MR) is 229 cm³/mol. The average molecular weight is 702 g/mol. The van der Waals surface area contributed by atoms with Gasteiger partial charge in [0.15, 0.2) is 5.82 Å². The lowest BCUT2D eigenvalue weighted by atomic mass is 9.99. The minimum Gasteiger partial charge on any atom is -0.309 e. The molecule has 258 valence electrons. The zero-order valence-electron chi connectivity index (χ0n) is 30.0. The molecule has 0 spiro atoms. The maximum absolute atomic E-state index is 5.21. The Labute approximate surface area is 320 Å². The van der Waals surface area contributed by atoms with Crippen molar-refractivity contribution in [3.63, 3.8) is 0 Å². The molecule has 0 bridgehead atoms. The van der Waals surface area contributed by atoms with Crippen molar-refractivity contribution in [2.24, 2.45) is 0 Å². The smallest absolute Gasteiger partial charge is 0.160 e. The second-order valence-corrected chi connectivity index (χ2v) is 13.8. The van der Waals surface area contributed by atoms with Crippen LogP contribution < -0.4 is 0 Å². The lowest BCUT2D eigenvalue weighted by molar-refractivity contribution is 1.16. The summed E-state index contributed by atoms with van der Waals surface area (Å²) in [6.45, 7) is 0. The predicted octanol–water partition coefficient (Wildman–Crippen LogP) is 13.6. The van der Waals surface area contributed by atoms with Gasteiger partial charge in [-0.25, -0.2) is 9.97 Å². The molecule has 0 saturated carbocycles. The number of hydrogen-bond donors (Lipinski definition) is 0. The Morgan fingerprint density at radius 1 is 0.273 bits per heavy atom. The van der Waals surface area contributed by atoms with Crippen molar-refractivity contribution in [1.82, 2.24) is 14.5 Å². The van der Waals surface area contributed by atoms with Crippen LogP contribution in [0.5, 0.6) is 0 Å². The van der Waals surface area contributed by atoms with Crippen LogP contribution in [0.15, 0.2) is 212 Å². The summed E-state index contributed by atoms with van der Waals surface area (Å²) in [6, 6.07) is 75.1. The van der Waals surface area contributed by atoms with Crippen molar-refractivity contribution in [2.75, 3.05) is 0 Å². The van der Waals surface area contributed by atoms with Crippen LogP contribution >= 0.6 is 0 Å². The Morgan fingerprint density at radius 2 is 0.727 bits per heavy atom. The van der Waals surface area contributed by atoms with Crippen LogP contribution in [0, 0.1) is 0 Å². The zero-order chi connectivity index (χ0) is 36.6. The highest BCUT2D eigenvalue weighted by atomic mass is 15.0. The van der Waals surface area contributed by atoms with Crippen LogP contribution in [0.2, 0.25) is 0 Å². The molecule has 3 heteroatoms. The summed E-state index contributed by atoms with van der Waals surface area (Å²) in [4.78, 5) is 10.3. The van der Waals surface area contributed by atoms with Gasteiger partial charge >= 0.3 is 0 Å². The Kier molecular flexibility index (Phi) is 8.16. The van der Waals surface area contributed by atoms with Crippen molar-refractivity contribution in [3.05, 3.63) is 212 Å². The largest absolute Gasteiger partial charge is 0.309 e. The third-order valence-electron chi connectivity index (χ3n) is 10.4. The van der Waals surface area contributed by atoms with Gasteiger partial charge in [-0.3, -0.25) is 0 Å². The molecule has 0 aliphatic rings. The molecule has 0 amide bonds. The summed E-state index contributed by atoms with van der Waals surface area (Å²) in [6.07, 6.45) is 0. The summed E-state index contributed by atoms with van der Waals surface area (Å²) >= 11 is 0. The van der Waals surface area contributed by atoms with E-state index in [9.17, 15) is 0 Å². The maximum Gasteiger partial charge on any atom is 0.160 e. The van der Waals surface area contributed by atoms with Gasteiger partial charge in [0, 0.05) is 33.2 Å². The van der Waals surface area contributed by atoms with Gasteiger partial charge in [-0.15, -0.1) is 0 Å². The van der Waals surface area contributed by atoms with Gasteiger partial charge in [-0.05, 0) is 63.7 Å².